The molecule has 1 N–H and O–H groups in total. The van der Waals surface area contributed by atoms with Crippen molar-refractivity contribution in [2.75, 3.05) is 0 Å². The Balaban J connectivity index is 2.74. The third-order valence-corrected chi connectivity index (χ3v) is 1.58. The molecule has 0 radical (unpaired) electrons. The van der Waals surface area contributed by atoms with Gasteiger partial charge in [-0.25, -0.2) is 0 Å². The quantitative estimate of drug-likeness (QED) is 0.591. The molecule has 5 nitrogen and oxygen atoms in total. The van der Waals surface area contributed by atoms with E-state index in [-0.39, 0.29) is 5.75 Å². The first kappa shape index (κ1) is 7.36. The summed E-state index contributed by atoms with van der Waals surface area (Å²) in [5.74, 6) is -0.0671. The Kier molecular flexibility index (Phi) is 2.13. The van der Waals surface area contributed by atoms with Gasteiger partial charge in [-0.3, -0.25) is 4.21 Å². The second-order valence-corrected chi connectivity index (χ2v) is 2.70. The Hall–Kier alpha value is -0.750. The van der Waals surface area contributed by atoms with E-state index in [1.165, 1.54) is 0 Å². The van der Waals surface area contributed by atoms with Crippen LogP contribution in [0.4, 0.5) is 0 Å². The number of hydrogen-bond donors (Lipinski definition) is 1. The van der Waals surface area contributed by atoms with Crippen molar-refractivity contribution < 1.29 is 8.76 Å². The fraction of sp³-hybridized carbons (Fsp3) is 0.500. The van der Waals surface area contributed by atoms with E-state index < -0.39 is 11.1 Å². The van der Waals surface area contributed by atoms with Crippen LogP contribution in [0.25, 0.3) is 0 Å². The zero-order valence-corrected chi connectivity index (χ0v) is 6.14. The molecule has 56 valence electrons. The molecule has 0 spiro atoms. The largest absolute Gasteiger partial charge is 0.772 e. The third-order valence-electron chi connectivity index (χ3n) is 1.07. The maximum absolute atomic E-state index is 10.1. The maximum atomic E-state index is 10.1. The van der Waals surface area contributed by atoms with Gasteiger partial charge in [-0.1, -0.05) is 0 Å². The van der Waals surface area contributed by atoms with Crippen LogP contribution in [-0.2, 0) is 16.8 Å². The Morgan fingerprint density at radius 3 is 2.80 bits per heavy atom. The van der Waals surface area contributed by atoms with Gasteiger partial charge in [0.2, 0.25) is 0 Å². The van der Waals surface area contributed by atoms with E-state index in [2.05, 4.69) is 15.4 Å². The first-order chi connectivity index (χ1) is 4.70. The van der Waals surface area contributed by atoms with Crippen molar-refractivity contribution in [3.63, 3.8) is 0 Å². The Bertz CT molecular complexity index is 246. The van der Waals surface area contributed by atoms with E-state index in [4.69, 9.17) is 0 Å². The average molecular weight is 160 g/mol. The molecule has 0 aromatic carbocycles. The molecule has 0 aliphatic heterocycles. The van der Waals surface area contributed by atoms with E-state index in [9.17, 15) is 8.76 Å². The molecule has 1 aromatic rings. The average Bonchev–Trinajstić information content (AvgIpc) is 2.15. The summed E-state index contributed by atoms with van der Waals surface area (Å²) in [5.41, 5.74) is 1.11. The lowest BCUT2D eigenvalue weighted by Gasteiger charge is -1.99. The summed E-state index contributed by atoms with van der Waals surface area (Å²) < 4.78 is 20.3. The molecule has 1 aromatic heterocycles. The summed E-state index contributed by atoms with van der Waals surface area (Å²) in [6.07, 6.45) is 0. The van der Waals surface area contributed by atoms with E-state index in [1.54, 1.807) is 6.92 Å². The molecule has 1 heterocycles. The minimum atomic E-state index is -2.08. The standard InChI is InChI=1S/C4H7N3O2S/c1-3-4(2-10(8)9)6-7-5-3/h2H2,1H3,(H,8,9)(H,5,6,7)/p-1. The molecule has 1 atom stereocenters. The topological polar surface area (TPSA) is 81.7 Å². The van der Waals surface area contributed by atoms with E-state index in [0.29, 0.717) is 11.4 Å². The minimum Gasteiger partial charge on any atom is -0.772 e. The molecule has 10 heavy (non-hydrogen) atoms. The lowest BCUT2D eigenvalue weighted by Crippen LogP contribution is -1.95. The summed E-state index contributed by atoms with van der Waals surface area (Å²) in [6.45, 7) is 1.70. The fourth-order valence-corrected chi connectivity index (χ4v) is 1.05. The molecule has 0 saturated heterocycles. The monoisotopic (exact) mass is 160 g/mol. The Labute approximate surface area is 60.1 Å². The van der Waals surface area contributed by atoms with Crippen LogP contribution in [0.1, 0.15) is 11.4 Å². The molecule has 6 heteroatoms. The summed E-state index contributed by atoms with van der Waals surface area (Å²) in [6, 6.07) is 0. The number of aryl methyl sites for hydroxylation is 1. The van der Waals surface area contributed by atoms with Gasteiger partial charge in [0.25, 0.3) is 0 Å². The molecule has 1 rings (SSSR count). The number of nitrogens with one attached hydrogen (secondary N) is 1. The highest BCUT2D eigenvalue weighted by atomic mass is 32.2. The zero-order valence-electron chi connectivity index (χ0n) is 5.33. The van der Waals surface area contributed by atoms with Crippen molar-refractivity contribution in [3.05, 3.63) is 11.4 Å². The van der Waals surface area contributed by atoms with Gasteiger partial charge in [0, 0.05) is 0 Å². The van der Waals surface area contributed by atoms with Crippen LogP contribution in [0.3, 0.4) is 0 Å². The second-order valence-electron chi connectivity index (χ2n) is 1.80. The number of nitrogens with zero attached hydrogens (tertiary/aromatic N) is 2. The van der Waals surface area contributed by atoms with Crippen LogP contribution in [0.15, 0.2) is 0 Å². The van der Waals surface area contributed by atoms with Crippen molar-refractivity contribution in [2.45, 2.75) is 12.7 Å². The van der Waals surface area contributed by atoms with Gasteiger partial charge in [0.1, 0.15) is 0 Å². The fourth-order valence-electron chi connectivity index (χ4n) is 0.554. The van der Waals surface area contributed by atoms with Crippen LogP contribution in [0.2, 0.25) is 0 Å². The molecule has 0 aliphatic carbocycles. The van der Waals surface area contributed by atoms with Crippen molar-refractivity contribution in [3.8, 4) is 0 Å². The number of hydrogen-bond acceptors (Lipinski definition) is 4. The molecule has 0 amide bonds. The van der Waals surface area contributed by atoms with Crippen LogP contribution in [0.5, 0.6) is 0 Å². The molecule has 0 fully saturated rings. The number of rotatable bonds is 2. The summed E-state index contributed by atoms with van der Waals surface area (Å²) in [4.78, 5) is 0. The maximum Gasteiger partial charge on any atom is 0.0966 e. The summed E-state index contributed by atoms with van der Waals surface area (Å²) >= 11 is -2.08. The number of aromatic nitrogens is 3. The van der Waals surface area contributed by atoms with Crippen molar-refractivity contribution in [1.29, 1.82) is 0 Å². The minimum absolute atomic E-state index is 0.0671. The SMILES string of the molecule is Cc1n[nH]nc1CS(=O)[O-]. The summed E-state index contributed by atoms with van der Waals surface area (Å²) in [7, 11) is 0. The van der Waals surface area contributed by atoms with Gasteiger partial charge in [0.05, 0.1) is 17.1 Å². The van der Waals surface area contributed by atoms with Crippen molar-refractivity contribution in [2.24, 2.45) is 0 Å². The highest BCUT2D eigenvalue weighted by Crippen LogP contribution is 2.00. The molecule has 0 saturated carbocycles. The molecule has 0 bridgehead atoms. The zero-order chi connectivity index (χ0) is 7.56. The highest BCUT2D eigenvalue weighted by Gasteiger charge is 2.00. The van der Waals surface area contributed by atoms with E-state index in [1.807, 2.05) is 0 Å². The van der Waals surface area contributed by atoms with Gasteiger partial charge in [-0.15, -0.1) is 0 Å². The predicted molar refractivity (Wildman–Crippen MR) is 33.7 cm³/mol. The lowest BCUT2D eigenvalue weighted by molar-refractivity contribution is 0.535. The Morgan fingerprint density at radius 2 is 2.40 bits per heavy atom. The van der Waals surface area contributed by atoms with Gasteiger partial charge >= 0.3 is 0 Å². The molecular formula is C4H6N3O2S-. The first-order valence-corrected chi connectivity index (χ1v) is 3.86. The van der Waals surface area contributed by atoms with Crippen LogP contribution < -0.4 is 0 Å². The first-order valence-electron chi connectivity index (χ1n) is 2.62. The molecular weight excluding hydrogens is 154 g/mol. The van der Waals surface area contributed by atoms with E-state index >= 15 is 0 Å². The van der Waals surface area contributed by atoms with Gasteiger partial charge in [-0.05, 0) is 18.0 Å². The third kappa shape index (κ3) is 1.61. The van der Waals surface area contributed by atoms with Crippen LogP contribution >= 0.6 is 0 Å². The van der Waals surface area contributed by atoms with Gasteiger partial charge in [0.15, 0.2) is 0 Å². The molecule has 1 unspecified atom stereocenters. The lowest BCUT2D eigenvalue weighted by atomic mass is 10.4. The van der Waals surface area contributed by atoms with E-state index in [0.717, 1.165) is 0 Å². The van der Waals surface area contributed by atoms with Crippen LogP contribution in [0, 0.1) is 6.92 Å². The normalized spacial score (nSPS) is 13.4. The number of aromatic amines is 1. The second kappa shape index (κ2) is 2.89. The smallest absolute Gasteiger partial charge is 0.0966 e. The summed E-state index contributed by atoms with van der Waals surface area (Å²) in [5, 5.41) is 9.62. The predicted octanol–water partition coefficient (Wildman–Crippen LogP) is -0.508. The highest BCUT2D eigenvalue weighted by molar-refractivity contribution is 7.78. The van der Waals surface area contributed by atoms with Crippen molar-refractivity contribution >= 4 is 11.1 Å². The van der Waals surface area contributed by atoms with Gasteiger partial charge < -0.3 is 4.55 Å². The number of H-pyrrole nitrogens is 1. The molecule has 0 aliphatic rings. The van der Waals surface area contributed by atoms with Gasteiger partial charge in [-0.2, -0.15) is 15.4 Å². The van der Waals surface area contributed by atoms with Crippen molar-refractivity contribution in [1.82, 2.24) is 15.4 Å². The van der Waals surface area contributed by atoms with Crippen LogP contribution in [-0.4, -0.2) is 24.2 Å². The Morgan fingerprint density at radius 1 is 1.70 bits per heavy atom.